The van der Waals surface area contributed by atoms with Crippen LogP contribution in [0.5, 0.6) is 0 Å². The smallest absolute Gasteiger partial charge is 0.205 e. The van der Waals surface area contributed by atoms with Crippen molar-refractivity contribution in [1.82, 2.24) is 10.2 Å². The van der Waals surface area contributed by atoms with Gasteiger partial charge in [0.15, 0.2) is 0 Å². The van der Waals surface area contributed by atoms with Crippen molar-refractivity contribution in [1.29, 1.82) is 0 Å². The molecular formula is C11H19N3S. The minimum atomic E-state index is 0.925. The highest BCUT2D eigenvalue weighted by atomic mass is 32.1. The minimum absolute atomic E-state index is 0.925. The molecule has 1 aliphatic carbocycles. The summed E-state index contributed by atoms with van der Waals surface area (Å²) >= 11 is 1.58. The maximum atomic E-state index is 3.97. The van der Waals surface area contributed by atoms with E-state index >= 15 is 0 Å². The Morgan fingerprint density at radius 3 is 3.20 bits per heavy atom. The number of hydrogen-bond donors (Lipinski definition) is 1. The third kappa shape index (κ3) is 3.45. The van der Waals surface area contributed by atoms with Gasteiger partial charge in [-0.3, -0.25) is 0 Å². The summed E-state index contributed by atoms with van der Waals surface area (Å²) in [5, 5.41) is 12.1. The monoisotopic (exact) mass is 225 g/mol. The van der Waals surface area contributed by atoms with Gasteiger partial charge in [0.05, 0.1) is 0 Å². The zero-order valence-corrected chi connectivity index (χ0v) is 10.1. The number of nitrogens with zero attached hydrogens (tertiary/aromatic N) is 2. The van der Waals surface area contributed by atoms with Gasteiger partial charge >= 0.3 is 0 Å². The first-order valence-corrected chi connectivity index (χ1v) is 6.72. The lowest BCUT2D eigenvalue weighted by Crippen LogP contribution is -2.16. The predicted octanol–water partition coefficient (Wildman–Crippen LogP) is 3.17. The van der Waals surface area contributed by atoms with E-state index in [2.05, 4.69) is 22.4 Å². The molecule has 0 spiro atoms. The van der Waals surface area contributed by atoms with E-state index < -0.39 is 0 Å². The number of aromatic nitrogens is 2. The molecule has 0 radical (unpaired) electrons. The SMILES string of the molecule is CC1CCCC(CCNc2nncs2)C1. The summed E-state index contributed by atoms with van der Waals surface area (Å²) in [7, 11) is 0. The van der Waals surface area contributed by atoms with Crippen molar-refractivity contribution in [3.8, 4) is 0 Å². The Balaban J connectivity index is 1.65. The molecule has 15 heavy (non-hydrogen) atoms. The van der Waals surface area contributed by atoms with E-state index in [-0.39, 0.29) is 0 Å². The van der Waals surface area contributed by atoms with Crippen LogP contribution in [-0.4, -0.2) is 16.7 Å². The molecule has 0 amide bonds. The molecule has 1 saturated carbocycles. The van der Waals surface area contributed by atoms with E-state index in [4.69, 9.17) is 0 Å². The molecule has 3 nitrogen and oxygen atoms in total. The first-order valence-electron chi connectivity index (χ1n) is 5.84. The molecule has 1 fully saturated rings. The first-order chi connectivity index (χ1) is 7.34. The van der Waals surface area contributed by atoms with E-state index in [9.17, 15) is 0 Å². The largest absolute Gasteiger partial charge is 0.360 e. The molecule has 0 aromatic carbocycles. The standard InChI is InChI=1S/C11H19N3S/c1-9-3-2-4-10(7-9)5-6-12-11-14-13-8-15-11/h8-10H,2-7H2,1H3,(H,12,14). The molecule has 1 heterocycles. The molecule has 2 rings (SSSR count). The Bertz CT molecular complexity index is 273. The second-order valence-corrected chi connectivity index (χ2v) is 5.43. The summed E-state index contributed by atoms with van der Waals surface area (Å²) in [5.41, 5.74) is 1.77. The maximum Gasteiger partial charge on any atom is 0.205 e. The highest BCUT2D eigenvalue weighted by molar-refractivity contribution is 7.13. The summed E-state index contributed by atoms with van der Waals surface area (Å²) in [5.74, 6) is 1.86. The van der Waals surface area contributed by atoms with Crippen LogP contribution in [0.25, 0.3) is 0 Å². The normalized spacial score (nSPS) is 26.5. The number of rotatable bonds is 4. The molecule has 4 heteroatoms. The van der Waals surface area contributed by atoms with Crippen LogP contribution in [0.1, 0.15) is 39.0 Å². The second kappa shape index (κ2) is 5.45. The summed E-state index contributed by atoms with van der Waals surface area (Å²) < 4.78 is 0. The van der Waals surface area contributed by atoms with Gasteiger partial charge in [-0.25, -0.2) is 0 Å². The summed E-state index contributed by atoms with van der Waals surface area (Å²) in [6.07, 6.45) is 6.97. The van der Waals surface area contributed by atoms with Crippen LogP contribution in [0.2, 0.25) is 0 Å². The average Bonchev–Trinajstić information content (AvgIpc) is 2.71. The van der Waals surface area contributed by atoms with Crippen LogP contribution >= 0.6 is 11.3 Å². The highest BCUT2D eigenvalue weighted by Gasteiger charge is 2.18. The Labute approximate surface area is 95.3 Å². The Morgan fingerprint density at radius 2 is 2.47 bits per heavy atom. The van der Waals surface area contributed by atoms with Gasteiger partial charge < -0.3 is 5.32 Å². The van der Waals surface area contributed by atoms with E-state index in [1.54, 1.807) is 16.8 Å². The van der Waals surface area contributed by atoms with Gasteiger partial charge in [0.25, 0.3) is 0 Å². The van der Waals surface area contributed by atoms with Crippen LogP contribution in [-0.2, 0) is 0 Å². The molecule has 0 bridgehead atoms. The number of anilines is 1. The van der Waals surface area contributed by atoms with E-state index in [1.807, 2.05) is 0 Å². The third-order valence-electron chi connectivity index (χ3n) is 3.23. The Kier molecular flexibility index (Phi) is 3.94. The van der Waals surface area contributed by atoms with Crippen molar-refractivity contribution in [2.45, 2.75) is 39.0 Å². The van der Waals surface area contributed by atoms with E-state index in [0.717, 1.165) is 23.5 Å². The van der Waals surface area contributed by atoms with Gasteiger partial charge in [-0.15, -0.1) is 10.2 Å². The molecule has 2 atom stereocenters. The van der Waals surface area contributed by atoms with Gasteiger partial charge in [0.1, 0.15) is 5.51 Å². The zero-order chi connectivity index (χ0) is 10.5. The fourth-order valence-electron chi connectivity index (χ4n) is 2.46. The van der Waals surface area contributed by atoms with Crippen molar-refractivity contribution < 1.29 is 0 Å². The van der Waals surface area contributed by atoms with Crippen LogP contribution in [0.4, 0.5) is 5.13 Å². The quantitative estimate of drug-likeness (QED) is 0.855. The van der Waals surface area contributed by atoms with Crippen molar-refractivity contribution in [2.75, 3.05) is 11.9 Å². The molecular weight excluding hydrogens is 206 g/mol. The average molecular weight is 225 g/mol. The lowest BCUT2D eigenvalue weighted by atomic mass is 9.81. The Hall–Kier alpha value is -0.640. The molecule has 84 valence electrons. The van der Waals surface area contributed by atoms with E-state index in [1.165, 1.54) is 32.1 Å². The van der Waals surface area contributed by atoms with Crippen LogP contribution in [0.15, 0.2) is 5.51 Å². The van der Waals surface area contributed by atoms with Crippen LogP contribution < -0.4 is 5.32 Å². The Morgan fingerprint density at radius 1 is 1.53 bits per heavy atom. The van der Waals surface area contributed by atoms with Gasteiger partial charge in [0, 0.05) is 6.54 Å². The molecule has 1 aromatic rings. The maximum absolute atomic E-state index is 3.97. The molecule has 1 aromatic heterocycles. The third-order valence-corrected chi connectivity index (χ3v) is 3.88. The van der Waals surface area contributed by atoms with E-state index in [0.29, 0.717) is 0 Å². The first kappa shape index (κ1) is 10.9. The number of hydrogen-bond acceptors (Lipinski definition) is 4. The van der Waals surface area contributed by atoms with Crippen molar-refractivity contribution in [2.24, 2.45) is 11.8 Å². The predicted molar refractivity (Wildman–Crippen MR) is 64.1 cm³/mol. The summed E-state index contributed by atoms with van der Waals surface area (Å²) in [4.78, 5) is 0. The molecule has 0 saturated heterocycles. The van der Waals surface area contributed by atoms with Crippen LogP contribution in [0.3, 0.4) is 0 Å². The van der Waals surface area contributed by atoms with Crippen molar-refractivity contribution >= 4 is 16.5 Å². The minimum Gasteiger partial charge on any atom is -0.360 e. The van der Waals surface area contributed by atoms with Gasteiger partial charge in [-0.1, -0.05) is 37.5 Å². The molecule has 2 unspecified atom stereocenters. The fourth-order valence-corrected chi connectivity index (χ4v) is 2.93. The summed E-state index contributed by atoms with van der Waals surface area (Å²) in [6, 6.07) is 0. The fraction of sp³-hybridized carbons (Fsp3) is 0.818. The number of nitrogens with one attached hydrogen (secondary N) is 1. The molecule has 1 aliphatic rings. The van der Waals surface area contributed by atoms with Gasteiger partial charge in [-0.05, 0) is 24.7 Å². The topological polar surface area (TPSA) is 37.8 Å². The molecule has 1 N–H and O–H groups in total. The lowest BCUT2D eigenvalue weighted by molar-refractivity contribution is 0.274. The van der Waals surface area contributed by atoms with Gasteiger partial charge in [0.2, 0.25) is 5.13 Å². The second-order valence-electron chi connectivity index (χ2n) is 4.60. The van der Waals surface area contributed by atoms with Crippen LogP contribution in [0, 0.1) is 11.8 Å². The summed E-state index contributed by atoms with van der Waals surface area (Å²) in [6.45, 7) is 3.43. The lowest BCUT2D eigenvalue weighted by Gasteiger charge is -2.26. The van der Waals surface area contributed by atoms with Gasteiger partial charge in [-0.2, -0.15) is 0 Å². The highest BCUT2D eigenvalue weighted by Crippen LogP contribution is 2.30. The molecule has 0 aliphatic heterocycles. The van der Waals surface area contributed by atoms with Crippen molar-refractivity contribution in [3.63, 3.8) is 0 Å². The van der Waals surface area contributed by atoms with Crippen molar-refractivity contribution in [3.05, 3.63) is 5.51 Å². The zero-order valence-electron chi connectivity index (χ0n) is 9.28.